The van der Waals surface area contributed by atoms with E-state index in [2.05, 4.69) is 5.32 Å². The molecule has 0 aliphatic rings. The maximum atomic E-state index is 11.6. The second-order valence-corrected chi connectivity index (χ2v) is 4.68. The van der Waals surface area contributed by atoms with E-state index in [1.165, 1.54) is 0 Å². The first-order chi connectivity index (χ1) is 9.76. The molecule has 0 aromatic heterocycles. The molecule has 4 heteroatoms. The number of carbonyl (C=O) groups is 1. The van der Waals surface area contributed by atoms with Crippen LogP contribution < -0.4 is 5.32 Å². The first kappa shape index (κ1) is 16.7. The van der Waals surface area contributed by atoms with Crippen molar-refractivity contribution in [2.24, 2.45) is 0 Å². The molecule has 1 aromatic carbocycles. The van der Waals surface area contributed by atoms with Crippen LogP contribution in [0.15, 0.2) is 24.3 Å². The maximum absolute atomic E-state index is 11.6. The van der Waals surface area contributed by atoms with E-state index in [-0.39, 0.29) is 5.91 Å². The van der Waals surface area contributed by atoms with E-state index in [0.29, 0.717) is 26.2 Å². The Morgan fingerprint density at radius 2 is 1.85 bits per heavy atom. The van der Waals surface area contributed by atoms with Gasteiger partial charge in [-0.15, -0.1) is 0 Å². The summed E-state index contributed by atoms with van der Waals surface area (Å²) in [4.78, 5) is 11.6. The van der Waals surface area contributed by atoms with E-state index >= 15 is 0 Å². The number of nitrogens with one attached hydrogen (secondary N) is 1. The van der Waals surface area contributed by atoms with E-state index in [9.17, 15) is 4.79 Å². The van der Waals surface area contributed by atoms with Crippen LogP contribution in [-0.4, -0.2) is 26.2 Å². The Hall–Kier alpha value is -1.39. The Morgan fingerprint density at radius 3 is 2.50 bits per heavy atom. The van der Waals surface area contributed by atoms with Crippen molar-refractivity contribution >= 4 is 5.91 Å². The third-order valence-corrected chi connectivity index (χ3v) is 2.99. The van der Waals surface area contributed by atoms with E-state index in [1.807, 2.05) is 31.2 Å². The lowest BCUT2D eigenvalue weighted by Crippen LogP contribution is -2.22. The lowest BCUT2D eigenvalue weighted by atomic mass is 10.1. The molecule has 0 aliphatic heterocycles. The van der Waals surface area contributed by atoms with Crippen LogP contribution in [0.4, 0.5) is 0 Å². The van der Waals surface area contributed by atoms with E-state index in [0.717, 1.165) is 30.6 Å². The number of methoxy groups -OCH3 is 1. The fourth-order valence-corrected chi connectivity index (χ4v) is 1.79. The zero-order valence-corrected chi connectivity index (χ0v) is 12.5. The number of benzene rings is 1. The van der Waals surface area contributed by atoms with E-state index in [4.69, 9.17) is 9.47 Å². The van der Waals surface area contributed by atoms with Crippen LogP contribution in [0.5, 0.6) is 0 Å². The summed E-state index contributed by atoms with van der Waals surface area (Å²) in [5, 5.41) is 2.93. The van der Waals surface area contributed by atoms with E-state index in [1.54, 1.807) is 7.11 Å². The monoisotopic (exact) mass is 279 g/mol. The van der Waals surface area contributed by atoms with Crippen molar-refractivity contribution in [2.75, 3.05) is 20.3 Å². The topological polar surface area (TPSA) is 47.6 Å². The van der Waals surface area contributed by atoms with Crippen LogP contribution >= 0.6 is 0 Å². The van der Waals surface area contributed by atoms with Crippen LogP contribution in [0.3, 0.4) is 0 Å². The molecule has 0 unspecified atom stereocenters. The van der Waals surface area contributed by atoms with Crippen LogP contribution in [0.2, 0.25) is 0 Å². The number of unbranched alkanes of at least 4 members (excludes halogenated alkanes) is 1. The summed E-state index contributed by atoms with van der Waals surface area (Å²) in [5.74, 6) is 0.0968. The van der Waals surface area contributed by atoms with Gasteiger partial charge in [0.1, 0.15) is 0 Å². The van der Waals surface area contributed by atoms with Gasteiger partial charge in [0.05, 0.1) is 6.61 Å². The number of amides is 1. The Kier molecular flexibility index (Phi) is 8.67. The van der Waals surface area contributed by atoms with Crippen molar-refractivity contribution in [2.45, 2.75) is 39.3 Å². The largest absolute Gasteiger partial charge is 0.385 e. The number of hydrogen-bond donors (Lipinski definition) is 1. The summed E-state index contributed by atoms with van der Waals surface area (Å²) in [6.45, 7) is 4.65. The summed E-state index contributed by atoms with van der Waals surface area (Å²) in [5.41, 5.74) is 2.26. The van der Waals surface area contributed by atoms with Gasteiger partial charge in [0.25, 0.3) is 0 Å². The molecule has 1 amide bonds. The molecule has 0 atom stereocenters. The summed E-state index contributed by atoms with van der Waals surface area (Å²) in [6, 6.07) is 8.13. The van der Waals surface area contributed by atoms with Crippen LogP contribution in [-0.2, 0) is 27.4 Å². The maximum Gasteiger partial charge on any atom is 0.220 e. The highest BCUT2D eigenvalue weighted by atomic mass is 16.5. The first-order valence-corrected chi connectivity index (χ1v) is 7.17. The Labute approximate surface area is 121 Å². The number of hydrogen-bond acceptors (Lipinski definition) is 3. The fourth-order valence-electron chi connectivity index (χ4n) is 1.79. The number of rotatable bonds is 10. The van der Waals surface area contributed by atoms with Gasteiger partial charge in [0, 0.05) is 33.3 Å². The van der Waals surface area contributed by atoms with Crippen molar-refractivity contribution in [1.29, 1.82) is 0 Å². The molecule has 1 rings (SSSR count). The first-order valence-electron chi connectivity index (χ1n) is 7.17. The molecule has 0 spiro atoms. The Bertz CT molecular complexity index is 376. The predicted molar refractivity (Wildman–Crippen MR) is 79.3 cm³/mol. The minimum Gasteiger partial charge on any atom is -0.385 e. The Balaban J connectivity index is 2.22. The van der Waals surface area contributed by atoms with Gasteiger partial charge >= 0.3 is 0 Å². The van der Waals surface area contributed by atoms with Crippen molar-refractivity contribution in [3.8, 4) is 0 Å². The van der Waals surface area contributed by atoms with Gasteiger partial charge in [0.15, 0.2) is 0 Å². The number of carbonyl (C=O) groups excluding carboxylic acids is 1. The van der Waals surface area contributed by atoms with Gasteiger partial charge in [-0.1, -0.05) is 24.3 Å². The van der Waals surface area contributed by atoms with Crippen molar-refractivity contribution in [1.82, 2.24) is 5.32 Å². The molecule has 1 aromatic rings. The highest BCUT2D eigenvalue weighted by Gasteiger charge is 2.01. The molecule has 0 saturated carbocycles. The minimum absolute atomic E-state index is 0.0968. The normalized spacial score (nSPS) is 10.5. The standard InChI is InChI=1S/C16H25NO3/c1-3-20-13-15-9-7-14(8-10-15)12-17-16(18)6-4-5-11-19-2/h7-10H,3-6,11-13H2,1-2H3,(H,17,18). The molecule has 20 heavy (non-hydrogen) atoms. The van der Waals surface area contributed by atoms with Crippen molar-refractivity contribution < 1.29 is 14.3 Å². The van der Waals surface area contributed by atoms with Gasteiger partial charge in [-0.25, -0.2) is 0 Å². The van der Waals surface area contributed by atoms with Crippen molar-refractivity contribution in [3.05, 3.63) is 35.4 Å². The van der Waals surface area contributed by atoms with Crippen molar-refractivity contribution in [3.63, 3.8) is 0 Å². The minimum atomic E-state index is 0.0968. The van der Waals surface area contributed by atoms with Gasteiger partial charge in [0.2, 0.25) is 5.91 Å². The molecule has 4 nitrogen and oxygen atoms in total. The quantitative estimate of drug-likeness (QED) is 0.670. The lowest BCUT2D eigenvalue weighted by molar-refractivity contribution is -0.121. The average molecular weight is 279 g/mol. The highest BCUT2D eigenvalue weighted by Crippen LogP contribution is 2.06. The molecule has 1 N–H and O–H groups in total. The summed E-state index contributed by atoms with van der Waals surface area (Å²) >= 11 is 0. The van der Waals surface area contributed by atoms with Crippen LogP contribution in [0, 0.1) is 0 Å². The SMILES string of the molecule is CCOCc1ccc(CNC(=O)CCCCOC)cc1. The Morgan fingerprint density at radius 1 is 1.15 bits per heavy atom. The summed E-state index contributed by atoms with van der Waals surface area (Å²) in [7, 11) is 1.68. The molecule has 0 fully saturated rings. The predicted octanol–water partition coefficient (Wildman–Crippen LogP) is 2.66. The molecule has 0 bridgehead atoms. The van der Waals surface area contributed by atoms with Crippen LogP contribution in [0.1, 0.15) is 37.3 Å². The average Bonchev–Trinajstić information content (AvgIpc) is 2.48. The zero-order valence-electron chi connectivity index (χ0n) is 12.5. The highest BCUT2D eigenvalue weighted by molar-refractivity contribution is 5.75. The van der Waals surface area contributed by atoms with Gasteiger partial charge in [-0.05, 0) is 30.9 Å². The van der Waals surface area contributed by atoms with Gasteiger partial charge in [-0.3, -0.25) is 4.79 Å². The molecular formula is C16H25NO3. The number of ether oxygens (including phenoxy) is 2. The van der Waals surface area contributed by atoms with E-state index < -0.39 is 0 Å². The fraction of sp³-hybridized carbons (Fsp3) is 0.562. The molecule has 0 saturated heterocycles. The molecule has 0 heterocycles. The lowest BCUT2D eigenvalue weighted by Gasteiger charge is -2.07. The van der Waals surface area contributed by atoms with Gasteiger partial charge < -0.3 is 14.8 Å². The molecular weight excluding hydrogens is 254 g/mol. The molecule has 112 valence electrons. The zero-order chi connectivity index (χ0) is 14.6. The molecule has 0 radical (unpaired) electrons. The second-order valence-electron chi connectivity index (χ2n) is 4.68. The van der Waals surface area contributed by atoms with Crippen LogP contribution in [0.25, 0.3) is 0 Å². The third kappa shape index (κ3) is 7.26. The second kappa shape index (κ2) is 10.4. The summed E-state index contributed by atoms with van der Waals surface area (Å²) < 4.78 is 10.3. The summed E-state index contributed by atoms with van der Waals surface area (Å²) in [6.07, 6.45) is 2.36. The third-order valence-electron chi connectivity index (χ3n) is 2.99. The molecule has 0 aliphatic carbocycles. The smallest absolute Gasteiger partial charge is 0.220 e. The van der Waals surface area contributed by atoms with Gasteiger partial charge in [-0.2, -0.15) is 0 Å².